The first-order chi connectivity index (χ1) is 10.2. The van der Waals surface area contributed by atoms with Gasteiger partial charge in [0.2, 0.25) is 0 Å². The topological polar surface area (TPSA) is 49.9 Å². The summed E-state index contributed by atoms with van der Waals surface area (Å²) in [5.74, 6) is 1.02. The number of nitrogens with one attached hydrogen (secondary N) is 2. The number of imidazole rings is 1. The lowest BCUT2D eigenvalue weighted by Crippen LogP contribution is -2.24. The van der Waals surface area contributed by atoms with Crippen LogP contribution < -0.4 is 10.1 Å². The molecule has 4 nitrogen and oxygen atoms in total. The molecular formula is C15H19F2N3O. The highest BCUT2D eigenvalue weighted by Crippen LogP contribution is 2.23. The minimum absolute atomic E-state index is 0.00248. The van der Waals surface area contributed by atoms with Crippen molar-refractivity contribution in [2.45, 2.75) is 32.4 Å². The predicted octanol–water partition coefficient (Wildman–Crippen LogP) is 3.29. The molecule has 1 aromatic heterocycles. The van der Waals surface area contributed by atoms with Crippen molar-refractivity contribution in [3.8, 4) is 5.75 Å². The number of benzene rings is 1. The molecule has 114 valence electrons. The third kappa shape index (κ3) is 4.82. The molecule has 1 aromatic carbocycles. The van der Waals surface area contributed by atoms with Gasteiger partial charge in [-0.25, -0.2) is 4.98 Å². The number of H-pyrrole nitrogens is 1. The zero-order valence-corrected chi connectivity index (χ0v) is 11.9. The molecule has 0 amide bonds. The highest BCUT2D eigenvalue weighted by molar-refractivity contribution is 5.31. The minimum Gasteiger partial charge on any atom is -0.435 e. The quantitative estimate of drug-likeness (QED) is 0.785. The molecule has 0 aliphatic rings. The zero-order chi connectivity index (χ0) is 15.1. The molecule has 1 unspecified atom stereocenters. The Labute approximate surface area is 122 Å². The van der Waals surface area contributed by atoms with Crippen LogP contribution >= 0.6 is 0 Å². The molecule has 1 atom stereocenters. The van der Waals surface area contributed by atoms with Gasteiger partial charge in [0.15, 0.2) is 0 Å². The monoisotopic (exact) mass is 295 g/mol. The molecule has 2 N–H and O–H groups in total. The summed E-state index contributed by atoms with van der Waals surface area (Å²) in [6.07, 6.45) is 5.11. The van der Waals surface area contributed by atoms with Crippen molar-refractivity contribution < 1.29 is 13.5 Å². The summed E-state index contributed by atoms with van der Waals surface area (Å²) in [6.45, 7) is 0.103. The van der Waals surface area contributed by atoms with Crippen LogP contribution in [0.3, 0.4) is 0 Å². The maximum absolute atomic E-state index is 12.3. The molecule has 0 aliphatic heterocycles. The van der Waals surface area contributed by atoms with E-state index in [1.54, 1.807) is 24.5 Å². The van der Waals surface area contributed by atoms with E-state index in [9.17, 15) is 8.78 Å². The van der Waals surface area contributed by atoms with E-state index in [4.69, 9.17) is 0 Å². The van der Waals surface area contributed by atoms with E-state index in [0.29, 0.717) is 6.42 Å². The smallest absolute Gasteiger partial charge is 0.387 e. The van der Waals surface area contributed by atoms with Gasteiger partial charge >= 0.3 is 6.61 Å². The van der Waals surface area contributed by atoms with Crippen molar-refractivity contribution >= 4 is 0 Å². The van der Waals surface area contributed by atoms with E-state index in [-0.39, 0.29) is 11.8 Å². The van der Waals surface area contributed by atoms with E-state index in [1.165, 1.54) is 6.07 Å². The molecule has 1 heterocycles. The van der Waals surface area contributed by atoms with Crippen LogP contribution in [-0.4, -0.2) is 23.1 Å². The first kappa shape index (κ1) is 15.4. The first-order valence-electron chi connectivity index (χ1n) is 6.95. The van der Waals surface area contributed by atoms with E-state index < -0.39 is 6.61 Å². The van der Waals surface area contributed by atoms with Crippen LogP contribution in [0, 0.1) is 0 Å². The van der Waals surface area contributed by atoms with Crippen molar-refractivity contribution in [2.24, 2.45) is 0 Å². The number of aromatic amines is 1. The highest BCUT2D eigenvalue weighted by atomic mass is 19.3. The van der Waals surface area contributed by atoms with Crippen molar-refractivity contribution in [1.82, 2.24) is 15.3 Å². The Morgan fingerprint density at radius 2 is 2.24 bits per heavy atom. The van der Waals surface area contributed by atoms with Crippen LogP contribution in [0.15, 0.2) is 36.7 Å². The molecular weight excluding hydrogens is 276 g/mol. The number of halogens is 2. The third-order valence-electron chi connectivity index (χ3n) is 3.08. The van der Waals surface area contributed by atoms with E-state index in [1.807, 2.05) is 6.07 Å². The van der Waals surface area contributed by atoms with E-state index in [0.717, 1.165) is 24.4 Å². The second-order valence-corrected chi connectivity index (χ2v) is 4.70. The number of rotatable bonds is 8. The Hall–Kier alpha value is -1.95. The standard InChI is InChI=1S/C15H19F2N3O/c1-2-6-18-13(10-14-19-7-8-20-14)11-4-3-5-12(9-11)21-15(16)17/h3-5,7-9,13,15,18H,2,6,10H2,1H3,(H,19,20). The Balaban J connectivity index is 2.14. The van der Waals surface area contributed by atoms with Crippen LogP contribution in [0.2, 0.25) is 0 Å². The van der Waals surface area contributed by atoms with Crippen molar-refractivity contribution in [2.75, 3.05) is 6.54 Å². The Kier molecular flexibility index (Phi) is 5.68. The number of aromatic nitrogens is 2. The summed E-state index contributed by atoms with van der Waals surface area (Å²) in [7, 11) is 0. The van der Waals surface area contributed by atoms with Gasteiger partial charge < -0.3 is 15.0 Å². The number of hydrogen-bond donors (Lipinski definition) is 2. The van der Waals surface area contributed by atoms with Crippen LogP contribution in [0.5, 0.6) is 5.75 Å². The summed E-state index contributed by atoms with van der Waals surface area (Å²) in [5.41, 5.74) is 0.901. The fourth-order valence-corrected chi connectivity index (χ4v) is 2.14. The van der Waals surface area contributed by atoms with Crippen LogP contribution in [0.4, 0.5) is 8.78 Å². The Bertz CT molecular complexity index is 531. The molecule has 0 fully saturated rings. The molecule has 2 aromatic rings. The maximum atomic E-state index is 12.3. The van der Waals surface area contributed by atoms with Crippen LogP contribution in [0.1, 0.15) is 30.8 Å². The molecule has 0 saturated carbocycles. The van der Waals surface area contributed by atoms with Gasteiger partial charge in [0.05, 0.1) is 0 Å². The lowest BCUT2D eigenvalue weighted by Gasteiger charge is -2.19. The average molecular weight is 295 g/mol. The van der Waals surface area contributed by atoms with Gasteiger partial charge in [0, 0.05) is 24.9 Å². The molecule has 21 heavy (non-hydrogen) atoms. The van der Waals surface area contributed by atoms with Crippen molar-refractivity contribution in [1.29, 1.82) is 0 Å². The summed E-state index contributed by atoms with van der Waals surface area (Å²) in [6, 6.07) is 6.78. The van der Waals surface area contributed by atoms with Gasteiger partial charge in [-0.15, -0.1) is 0 Å². The van der Waals surface area contributed by atoms with Crippen LogP contribution in [0.25, 0.3) is 0 Å². The summed E-state index contributed by atoms with van der Waals surface area (Å²) < 4.78 is 29.1. The Morgan fingerprint density at radius 1 is 1.38 bits per heavy atom. The third-order valence-corrected chi connectivity index (χ3v) is 3.08. The lowest BCUT2D eigenvalue weighted by molar-refractivity contribution is -0.0499. The van der Waals surface area contributed by atoms with Gasteiger partial charge in [-0.3, -0.25) is 0 Å². The average Bonchev–Trinajstić information content (AvgIpc) is 2.96. The Morgan fingerprint density at radius 3 is 2.90 bits per heavy atom. The summed E-state index contributed by atoms with van der Waals surface area (Å²) in [5, 5.41) is 3.40. The van der Waals surface area contributed by atoms with Crippen molar-refractivity contribution in [3.63, 3.8) is 0 Å². The molecule has 6 heteroatoms. The van der Waals surface area contributed by atoms with Gasteiger partial charge in [0.25, 0.3) is 0 Å². The summed E-state index contributed by atoms with van der Waals surface area (Å²) in [4.78, 5) is 7.27. The molecule has 0 bridgehead atoms. The predicted molar refractivity (Wildman–Crippen MR) is 76.4 cm³/mol. The van der Waals surface area contributed by atoms with Gasteiger partial charge in [-0.1, -0.05) is 19.1 Å². The molecule has 0 aliphatic carbocycles. The minimum atomic E-state index is -2.81. The van der Waals surface area contributed by atoms with Gasteiger partial charge in [-0.2, -0.15) is 8.78 Å². The fraction of sp³-hybridized carbons (Fsp3) is 0.400. The maximum Gasteiger partial charge on any atom is 0.387 e. The first-order valence-corrected chi connectivity index (χ1v) is 6.95. The van der Waals surface area contributed by atoms with Crippen LogP contribution in [-0.2, 0) is 6.42 Å². The number of hydrogen-bond acceptors (Lipinski definition) is 3. The second kappa shape index (κ2) is 7.73. The highest BCUT2D eigenvalue weighted by Gasteiger charge is 2.14. The number of nitrogens with zero attached hydrogens (tertiary/aromatic N) is 1. The zero-order valence-electron chi connectivity index (χ0n) is 11.9. The molecule has 0 radical (unpaired) electrons. The fourth-order valence-electron chi connectivity index (χ4n) is 2.14. The van der Waals surface area contributed by atoms with Crippen molar-refractivity contribution in [3.05, 3.63) is 48.0 Å². The van der Waals surface area contributed by atoms with E-state index >= 15 is 0 Å². The molecule has 2 rings (SSSR count). The van der Waals surface area contributed by atoms with Gasteiger partial charge in [0.1, 0.15) is 11.6 Å². The number of alkyl halides is 2. The lowest BCUT2D eigenvalue weighted by atomic mass is 10.0. The van der Waals surface area contributed by atoms with Gasteiger partial charge in [-0.05, 0) is 30.7 Å². The normalized spacial score (nSPS) is 12.6. The number of ether oxygens (including phenoxy) is 1. The summed E-state index contributed by atoms with van der Waals surface area (Å²) >= 11 is 0. The SMILES string of the molecule is CCCNC(Cc1ncc[nH]1)c1cccc(OC(F)F)c1. The largest absolute Gasteiger partial charge is 0.435 e. The molecule has 0 saturated heterocycles. The molecule has 0 spiro atoms. The second-order valence-electron chi connectivity index (χ2n) is 4.70. The van der Waals surface area contributed by atoms with E-state index in [2.05, 4.69) is 26.9 Å².